The van der Waals surface area contributed by atoms with Crippen LogP contribution >= 0.6 is 24.0 Å². The second-order valence-corrected chi connectivity index (χ2v) is 6.23. The van der Waals surface area contributed by atoms with Crippen LogP contribution in [0.2, 0.25) is 0 Å². The Hall–Kier alpha value is -1.96. The summed E-state index contributed by atoms with van der Waals surface area (Å²) in [6.07, 6.45) is 1.03. The SMILES string of the molecule is CN=C(NCCc1ccccc1OC)NCc1cccc(OC(C)C)c1.I. The number of rotatable bonds is 8. The Labute approximate surface area is 179 Å². The van der Waals surface area contributed by atoms with E-state index < -0.39 is 0 Å². The van der Waals surface area contributed by atoms with Crippen molar-refractivity contribution in [3.63, 3.8) is 0 Å². The molecule has 0 radical (unpaired) electrons. The monoisotopic (exact) mass is 483 g/mol. The van der Waals surface area contributed by atoms with E-state index in [-0.39, 0.29) is 30.1 Å². The number of nitrogens with one attached hydrogen (secondary N) is 2. The molecule has 0 saturated carbocycles. The van der Waals surface area contributed by atoms with Gasteiger partial charge in [-0.15, -0.1) is 24.0 Å². The van der Waals surface area contributed by atoms with Crippen molar-refractivity contribution in [2.24, 2.45) is 4.99 Å². The van der Waals surface area contributed by atoms with Crippen molar-refractivity contribution in [3.05, 3.63) is 59.7 Å². The summed E-state index contributed by atoms with van der Waals surface area (Å²) in [4.78, 5) is 4.28. The number of hydrogen-bond donors (Lipinski definition) is 2. The van der Waals surface area contributed by atoms with Crippen LogP contribution in [0.5, 0.6) is 11.5 Å². The first-order valence-corrected chi connectivity index (χ1v) is 8.94. The lowest BCUT2D eigenvalue weighted by Crippen LogP contribution is -2.37. The Morgan fingerprint density at radius 1 is 1.07 bits per heavy atom. The third-order valence-electron chi connectivity index (χ3n) is 3.83. The van der Waals surface area contributed by atoms with E-state index in [2.05, 4.69) is 33.8 Å². The van der Waals surface area contributed by atoms with Gasteiger partial charge in [-0.2, -0.15) is 0 Å². The quantitative estimate of drug-likeness (QED) is 0.339. The van der Waals surface area contributed by atoms with Gasteiger partial charge in [0, 0.05) is 20.1 Å². The van der Waals surface area contributed by atoms with Crippen LogP contribution in [0.4, 0.5) is 0 Å². The molecule has 0 fully saturated rings. The summed E-state index contributed by atoms with van der Waals surface area (Å²) in [5.74, 6) is 2.58. The lowest BCUT2D eigenvalue weighted by molar-refractivity contribution is 0.242. The molecule has 27 heavy (non-hydrogen) atoms. The van der Waals surface area contributed by atoms with E-state index >= 15 is 0 Å². The highest BCUT2D eigenvalue weighted by Gasteiger charge is 2.04. The van der Waals surface area contributed by atoms with Crippen LogP contribution in [-0.2, 0) is 13.0 Å². The number of methoxy groups -OCH3 is 1. The van der Waals surface area contributed by atoms with Crippen LogP contribution in [0, 0.1) is 0 Å². The topological polar surface area (TPSA) is 54.9 Å². The van der Waals surface area contributed by atoms with E-state index in [1.54, 1.807) is 14.2 Å². The van der Waals surface area contributed by atoms with Gasteiger partial charge >= 0.3 is 0 Å². The fourth-order valence-electron chi connectivity index (χ4n) is 2.63. The fourth-order valence-corrected chi connectivity index (χ4v) is 2.63. The number of aliphatic imine (C=N–C) groups is 1. The Balaban J connectivity index is 0.00000364. The normalized spacial score (nSPS) is 10.9. The molecular weight excluding hydrogens is 453 g/mol. The summed E-state index contributed by atoms with van der Waals surface area (Å²) in [6.45, 7) is 5.51. The van der Waals surface area contributed by atoms with Crippen molar-refractivity contribution >= 4 is 29.9 Å². The first-order valence-electron chi connectivity index (χ1n) is 8.94. The first kappa shape index (κ1) is 23.1. The average Bonchev–Trinajstić information content (AvgIpc) is 2.64. The molecule has 0 aliphatic rings. The highest BCUT2D eigenvalue weighted by Crippen LogP contribution is 2.17. The van der Waals surface area contributed by atoms with Gasteiger partial charge in [0.05, 0.1) is 13.2 Å². The molecule has 2 rings (SSSR count). The van der Waals surface area contributed by atoms with Crippen molar-refractivity contribution in [2.45, 2.75) is 32.9 Å². The van der Waals surface area contributed by atoms with Gasteiger partial charge in [0.15, 0.2) is 5.96 Å². The summed E-state index contributed by atoms with van der Waals surface area (Å²) in [7, 11) is 3.47. The zero-order chi connectivity index (χ0) is 18.8. The zero-order valence-electron chi connectivity index (χ0n) is 16.5. The lowest BCUT2D eigenvalue weighted by Gasteiger charge is -2.14. The molecule has 0 saturated heterocycles. The summed E-state index contributed by atoms with van der Waals surface area (Å²) in [5, 5.41) is 6.67. The predicted octanol–water partition coefficient (Wildman–Crippen LogP) is 4.01. The molecule has 6 heteroatoms. The minimum atomic E-state index is 0. The van der Waals surface area contributed by atoms with E-state index in [0.29, 0.717) is 6.54 Å². The maximum absolute atomic E-state index is 5.74. The van der Waals surface area contributed by atoms with Crippen LogP contribution < -0.4 is 20.1 Å². The van der Waals surface area contributed by atoms with Crippen molar-refractivity contribution < 1.29 is 9.47 Å². The van der Waals surface area contributed by atoms with Crippen molar-refractivity contribution in [2.75, 3.05) is 20.7 Å². The Bertz CT molecular complexity index is 720. The number of ether oxygens (including phenoxy) is 2. The molecule has 0 heterocycles. The van der Waals surface area contributed by atoms with Gasteiger partial charge in [-0.1, -0.05) is 30.3 Å². The molecule has 0 aromatic heterocycles. The third kappa shape index (κ3) is 8.07. The average molecular weight is 483 g/mol. The van der Waals surface area contributed by atoms with Crippen LogP contribution in [-0.4, -0.2) is 32.8 Å². The highest BCUT2D eigenvalue weighted by molar-refractivity contribution is 14.0. The summed E-state index contributed by atoms with van der Waals surface area (Å²) in [6, 6.07) is 16.2. The fraction of sp³-hybridized carbons (Fsp3) is 0.381. The molecular formula is C21H30IN3O2. The maximum atomic E-state index is 5.74. The summed E-state index contributed by atoms with van der Waals surface area (Å²) in [5.41, 5.74) is 2.33. The number of hydrogen-bond acceptors (Lipinski definition) is 3. The van der Waals surface area contributed by atoms with Crippen LogP contribution in [0.3, 0.4) is 0 Å². The molecule has 0 aliphatic heterocycles. The zero-order valence-corrected chi connectivity index (χ0v) is 18.8. The molecule has 2 aromatic rings. The van der Waals surface area contributed by atoms with Crippen molar-refractivity contribution in [1.29, 1.82) is 0 Å². The number of nitrogens with zero attached hydrogens (tertiary/aromatic N) is 1. The Morgan fingerprint density at radius 3 is 2.56 bits per heavy atom. The molecule has 0 bridgehead atoms. The standard InChI is InChI=1S/C21H29N3O2.HI/c1-16(2)26-19-10-7-8-17(14-19)15-24-21(22-3)23-13-12-18-9-5-6-11-20(18)25-4;/h5-11,14,16H,12-13,15H2,1-4H3,(H2,22,23,24);1H. The van der Waals surface area contributed by atoms with Gasteiger partial charge in [-0.3, -0.25) is 4.99 Å². The smallest absolute Gasteiger partial charge is 0.191 e. The number of halogens is 1. The van der Waals surface area contributed by atoms with E-state index in [9.17, 15) is 0 Å². The Morgan fingerprint density at radius 2 is 1.85 bits per heavy atom. The molecule has 0 amide bonds. The molecule has 0 aliphatic carbocycles. The number of benzene rings is 2. The molecule has 5 nitrogen and oxygen atoms in total. The van der Waals surface area contributed by atoms with Crippen molar-refractivity contribution in [1.82, 2.24) is 10.6 Å². The van der Waals surface area contributed by atoms with Crippen molar-refractivity contribution in [3.8, 4) is 11.5 Å². The Kier molecular flexibility index (Phi) is 10.6. The molecule has 2 N–H and O–H groups in total. The van der Waals surface area contributed by atoms with Gasteiger partial charge in [0.1, 0.15) is 11.5 Å². The number of guanidine groups is 1. The van der Waals surface area contributed by atoms with Gasteiger partial charge < -0.3 is 20.1 Å². The first-order chi connectivity index (χ1) is 12.6. The van der Waals surface area contributed by atoms with E-state index in [4.69, 9.17) is 9.47 Å². The molecule has 0 unspecified atom stereocenters. The minimum Gasteiger partial charge on any atom is -0.496 e. The van der Waals surface area contributed by atoms with E-state index in [0.717, 1.165) is 36.0 Å². The maximum Gasteiger partial charge on any atom is 0.191 e. The second-order valence-electron chi connectivity index (χ2n) is 6.23. The van der Waals surface area contributed by atoms with Gasteiger partial charge in [-0.05, 0) is 49.6 Å². The third-order valence-corrected chi connectivity index (χ3v) is 3.83. The second kappa shape index (κ2) is 12.4. The van der Waals surface area contributed by atoms with Gasteiger partial charge in [0.2, 0.25) is 0 Å². The number of para-hydroxylation sites is 1. The lowest BCUT2D eigenvalue weighted by atomic mass is 10.1. The molecule has 148 valence electrons. The minimum absolute atomic E-state index is 0. The summed E-state index contributed by atoms with van der Waals surface area (Å²) >= 11 is 0. The van der Waals surface area contributed by atoms with E-state index in [1.165, 1.54) is 5.56 Å². The van der Waals surface area contributed by atoms with Crippen LogP contribution in [0.15, 0.2) is 53.5 Å². The largest absolute Gasteiger partial charge is 0.496 e. The molecule has 0 atom stereocenters. The molecule has 2 aromatic carbocycles. The highest BCUT2D eigenvalue weighted by atomic mass is 127. The van der Waals surface area contributed by atoms with Gasteiger partial charge in [-0.25, -0.2) is 0 Å². The van der Waals surface area contributed by atoms with Crippen LogP contribution in [0.25, 0.3) is 0 Å². The molecule has 0 spiro atoms. The van der Waals surface area contributed by atoms with Gasteiger partial charge in [0.25, 0.3) is 0 Å². The predicted molar refractivity (Wildman–Crippen MR) is 123 cm³/mol. The van der Waals surface area contributed by atoms with E-state index in [1.807, 2.05) is 44.2 Å². The summed E-state index contributed by atoms with van der Waals surface area (Å²) < 4.78 is 11.1. The van der Waals surface area contributed by atoms with Crippen LogP contribution in [0.1, 0.15) is 25.0 Å².